The lowest BCUT2D eigenvalue weighted by Gasteiger charge is -2.13. The zero-order chi connectivity index (χ0) is 22.1. The zero-order valence-electron chi connectivity index (χ0n) is 16.3. The van der Waals surface area contributed by atoms with Gasteiger partial charge in [0.1, 0.15) is 5.56 Å². The number of carbonyl (C=O) groups excluding carboxylic acids is 2. The molecule has 2 heterocycles. The molecule has 0 saturated carbocycles. The third-order valence-corrected chi connectivity index (χ3v) is 4.36. The van der Waals surface area contributed by atoms with Crippen molar-refractivity contribution < 1.29 is 27.5 Å². The fourth-order valence-electron chi connectivity index (χ4n) is 2.81. The van der Waals surface area contributed by atoms with E-state index in [1.54, 1.807) is 14.0 Å². The van der Waals surface area contributed by atoms with Crippen LogP contribution in [0.3, 0.4) is 0 Å². The topological polar surface area (TPSA) is 91.0 Å². The summed E-state index contributed by atoms with van der Waals surface area (Å²) in [4.78, 5) is 24.4. The van der Waals surface area contributed by atoms with Gasteiger partial charge in [-0.2, -0.15) is 23.4 Å². The molecule has 0 spiro atoms. The summed E-state index contributed by atoms with van der Waals surface area (Å²) in [5.74, 6) is -1.57. The molecule has 3 rings (SSSR count). The maximum absolute atomic E-state index is 13.7. The van der Waals surface area contributed by atoms with Crippen molar-refractivity contribution in [1.82, 2.24) is 19.6 Å². The minimum Gasteiger partial charge on any atom is -0.462 e. The van der Waals surface area contributed by atoms with E-state index in [-0.39, 0.29) is 18.0 Å². The highest BCUT2D eigenvalue weighted by Crippen LogP contribution is 2.34. The smallest absolute Gasteiger partial charge is 0.434 e. The molecule has 30 heavy (non-hydrogen) atoms. The van der Waals surface area contributed by atoms with Crippen LogP contribution in [0.1, 0.15) is 39.0 Å². The summed E-state index contributed by atoms with van der Waals surface area (Å²) < 4.78 is 47.8. The van der Waals surface area contributed by atoms with E-state index in [0.29, 0.717) is 15.9 Å². The average Bonchev–Trinajstić information content (AvgIpc) is 3.27. The van der Waals surface area contributed by atoms with E-state index in [1.165, 1.54) is 42.1 Å². The van der Waals surface area contributed by atoms with E-state index in [2.05, 4.69) is 15.5 Å². The van der Waals surface area contributed by atoms with Crippen molar-refractivity contribution in [2.24, 2.45) is 7.05 Å². The number of esters is 1. The standard InChI is InChI=1S/C19H18F3N5O3/c1-4-30-18(29)15-10-24-27(16(15)19(20,21)22)13-7-5-6-12(8-13)25-17(28)14-9-23-26(3)11(14)2/h5-10H,4H2,1-3H3,(H,25,28). The maximum Gasteiger partial charge on any atom is 0.434 e. The molecule has 0 bridgehead atoms. The quantitative estimate of drug-likeness (QED) is 0.638. The van der Waals surface area contributed by atoms with Crippen molar-refractivity contribution in [1.29, 1.82) is 0 Å². The van der Waals surface area contributed by atoms with Crippen molar-refractivity contribution in [3.05, 3.63) is 59.2 Å². The third-order valence-electron chi connectivity index (χ3n) is 4.36. The van der Waals surface area contributed by atoms with Crippen LogP contribution in [0.25, 0.3) is 5.69 Å². The Morgan fingerprint density at radius 2 is 1.87 bits per heavy atom. The number of ether oxygens (including phenoxy) is 1. The molecule has 1 aromatic carbocycles. The fourth-order valence-corrected chi connectivity index (χ4v) is 2.81. The average molecular weight is 421 g/mol. The summed E-state index contributed by atoms with van der Waals surface area (Å²) in [7, 11) is 1.68. The van der Waals surface area contributed by atoms with Crippen LogP contribution >= 0.6 is 0 Å². The van der Waals surface area contributed by atoms with E-state index in [0.717, 1.165) is 6.20 Å². The molecular formula is C19H18F3N5O3. The van der Waals surface area contributed by atoms with Gasteiger partial charge in [0.25, 0.3) is 5.91 Å². The second-order valence-electron chi connectivity index (χ2n) is 6.31. The van der Waals surface area contributed by atoms with E-state index in [4.69, 9.17) is 4.74 Å². The number of aryl methyl sites for hydroxylation is 1. The predicted octanol–water partition coefficient (Wildman–Crippen LogP) is 3.36. The Morgan fingerprint density at radius 1 is 1.17 bits per heavy atom. The molecule has 3 aromatic rings. The number of hydrogen-bond donors (Lipinski definition) is 1. The first-order valence-electron chi connectivity index (χ1n) is 8.86. The van der Waals surface area contributed by atoms with Gasteiger partial charge in [0.15, 0.2) is 5.69 Å². The van der Waals surface area contributed by atoms with Crippen LogP contribution < -0.4 is 5.32 Å². The monoisotopic (exact) mass is 421 g/mol. The predicted molar refractivity (Wildman–Crippen MR) is 100 cm³/mol. The van der Waals surface area contributed by atoms with Gasteiger partial charge in [0, 0.05) is 18.4 Å². The van der Waals surface area contributed by atoms with Crippen LogP contribution in [-0.2, 0) is 18.0 Å². The number of rotatable bonds is 5. The van der Waals surface area contributed by atoms with Crippen molar-refractivity contribution in [2.45, 2.75) is 20.0 Å². The minimum atomic E-state index is -4.86. The first-order valence-corrected chi connectivity index (χ1v) is 8.86. The number of carbonyl (C=O) groups is 2. The molecule has 0 radical (unpaired) electrons. The molecule has 1 amide bonds. The summed E-state index contributed by atoms with van der Waals surface area (Å²) in [6.07, 6.45) is -2.65. The van der Waals surface area contributed by atoms with Crippen LogP contribution in [0.2, 0.25) is 0 Å². The number of alkyl halides is 3. The Morgan fingerprint density at radius 3 is 2.47 bits per heavy atom. The lowest BCUT2D eigenvalue weighted by Crippen LogP contribution is -2.19. The van der Waals surface area contributed by atoms with E-state index >= 15 is 0 Å². The van der Waals surface area contributed by atoms with Gasteiger partial charge in [0.2, 0.25) is 0 Å². The highest BCUT2D eigenvalue weighted by Gasteiger charge is 2.41. The van der Waals surface area contributed by atoms with E-state index < -0.39 is 29.3 Å². The lowest BCUT2D eigenvalue weighted by atomic mass is 10.2. The number of hydrogen-bond acceptors (Lipinski definition) is 5. The van der Waals surface area contributed by atoms with Crippen LogP contribution in [0, 0.1) is 6.92 Å². The normalized spacial score (nSPS) is 11.4. The molecule has 158 valence electrons. The Balaban J connectivity index is 1.97. The van der Waals surface area contributed by atoms with Crippen LogP contribution in [-0.4, -0.2) is 38.0 Å². The minimum absolute atomic E-state index is 0.0126. The van der Waals surface area contributed by atoms with Gasteiger partial charge >= 0.3 is 12.1 Å². The Kier molecular flexibility index (Phi) is 5.63. The first kappa shape index (κ1) is 21.1. The molecule has 2 aromatic heterocycles. The van der Waals surface area contributed by atoms with E-state index in [9.17, 15) is 22.8 Å². The molecule has 11 heteroatoms. The molecule has 0 aliphatic heterocycles. The highest BCUT2D eigenvalue weighted by molar-refractivity contribution is 6.05. The SMILES string of the molecule is CCOC(=O)c1cnn(-c2cccc(NC(=O)c3cnn(C)c3C)c2)c1C(F)(F)F. The molecule has 0 fully saturated rings. The third kappa shape index (κ3) is 4.04. The number of halogens is 3. The first-order chi connectivity index (χ1) is 14.1. The maximum atomic E-state index is 13.7. The summed E-state index contributed by atoms with van der Waals surface area (Å²) >= 11 is 0. The molecule has 0 aliphatic carbocycles. The van der Waals surface area contributed by atoms with E-state index in [1.807, 2.05) is 0 Å². The second kappa shape index (κ2) is 8.01. The van der Waals surface area contributed by atoms with Gasteiger partial charge < -0.3 is 10.1 Å². The molecule has 1 N–H and O–H groups in total. The van der Waals surface area contributed by atoms with Gasteiger partial charge in [-0.05, 0) is 32.0 Å². The lowest BCUT2D eigenvalue weighted by molar-refractivity contribution is -0.143. The van der Waals surface area contributed by atoms with Crippen LogP contribution in [0.4, 0.5) is 18.9 Å². The summed E-state index contributed by atoms with van der Waals surface area (Å²) in [5, 5.41) is 10.3. The number of aromatic nitrogens is 4. The van der Waals surface area contributed by atoms with Gasteiger partial charge in [-0.25, -0.2) is 9.48 Å². The van der Waals surface area contributed by atoms with Crippen LogP contribution in [0.15, 0.2) is 36.7 Å². The molecule has 0 atom stereocenters. The largest absolute Gasteiger partial charge is 0.462 e. The van der Waals surface area contributed by atoms with Gasteiger partial charge in [-0.15, -0.1) is 0 Å². The van der Waals surface area contributed by atoms with Crippen LogP contribution in [0.5, 0.6) is 0 Å². The fraction of sp³-hybridized carbons (Fsp3) is 0.263. The van der Waals surface area contributed by atoms with Crippen molar-refractivity contribution in [2.75, 3.05) is 11.9 Å². The highest BCUT2D eigenvalue weighted by atomic mass is 19.4. The molecular weight excluding hydrogens is 403 g/mol. The van der Waals surface area contributed by atoms with Crippen molar-refractivity contribution in [3.8, 4) is 5.69 Å². The Labute approximate surface area is 169 Å². The second-order valence-corrected chi connectivity index (χ2v) is 6.31. The zero-order valence-corrected chi connectivity index (χ0v) is 16.3. The van der Waals surface area contributed by atoms with Gasteiger partial charge in [-0.1, -0.05) is 6.07 Å². The van der Waals surface area contributed by atoms with Gasteiger partial charge in [-0.3, -0.25) is 9.48 Å². The summed E-state index contributed by atoms with van der Waals surface area (Å²) in [6, 6.07) is 5.69. The number of benzene rings is 1. The molecule has 0 unspecified atom stereocenters. The summed E-state index contributed by atoms with van der Waals surface area (Å²) in [6.45, 7) is 3.14. The van der Waals surface area contributed by atoms with Gasteiger partial charge in [0.05, 0.1) is 30.3 Å². The Hall–Kier alpha value is -3.63. The number of amides is 1. The van der Waals surface area contributed by atoms with Crippen molar-refractivity contribution >= 4 is 17.6 Å². The number of nitrogens with zero attached hydrogens (tertiary/aromatic N) is 4. The molecule has 0 aliphatic rings. The van der Waals surface area contributed by atoms with Crippen molar-refractivity contribution in [3.63, 3.8) is 0 Å². The number of nitrogens with one attached hydrogen (secondary N) is 1. The number of anilines is 1. The summed E-state index contributed by atoms with van der Waals surface area (Å²) in [5.41, 5.74) is -0.713. The molecule has 0 saturated heterocycles. The Bertz CT molecular complexity index is 1100. The molecule has 8 nitrogen and oxygen atoms in total.